The van der Waals surface area contributed by atoms with Gasteiger partial charge in [0.2, 0.25) is 0 Å². The molecule has 3 nitrogen and oxygen atoms in total. The van der Waals surface area contributed by atoms with E-state index in [-0.39, 0.29) is 0 Å². The molecule has 0 bridgehead atoms. The van der Waals surface area contributed by atoms with Crippen molar-refractivity contribution in [2.75, 3.05) is 46.3 Å². The summed E-state index contributed by atoms with van der Waals surface area (Å²) < 4.78 is 0. The van der Waals surface area contributed by atoms with Crippen molar-refractivity contribution in [3.05, 3.63) is 0 Å². The first kappa shape index (κ1) is 11.7. The Kier molecular flexibility index (Phi) is 2.72. The molecular weight excluding hydrogens is 222 g/mol. The lowest BCUT2D eigenvalue weighted by molar-refractivity contribution is -0.0396. The van der Waals surface area contributed by atoms with Crippen molar-refractivity contribution < 1.29 is 0 Å². The number of fused-ring (bicyclic) bond motifs is 1. The summed E-state index contributed by atoms with van der Waals surface area (Å²) in [5.74, 6) is 3.10. The van der Waals surface area contributed by atoms with Gasteiger partial charge in [0.25, 0.3) is 0 Å². The molecule has 0 amide bonds. The van der Waals surface area contributed by atoms with Crippen molar-refractivity contribution in [1.82, 2.24) is 14.7 Å². The van der Waals surface area contributed by atoms with Crippen molar-refractivity contribution in [3.8, 4) is 0 Å². The van der Waals surface area contributed by atoms with Crippen molar-refractivity contribution in [2.45, 2.75) is 31.8 Å². The van der Waals surface area contributed by atoms with Gasteiger partial charge in [0.1, 0.15) is 0 Å². The summed E-state index contributed by atoms with van der Waals surface area (Å²) in [6.07, 6.45) is 3.01. The van der Waals surface area contributed by atoms with Gasteiger partial charge in [-0.15, -0.1) is 0 Å². The van der Waals surface area contributed by atoms with Crippen LogP contribution < -0.4 is 0 Å². The van der Waals surface area contributed by atoms with Crippen molar-refractivity contribution in [3.63, 3.8) is 0 Å². The summed E-state index contributed by atoms with van der Waals surface area (Å²) in [6, 6.07) is 1.78. The molecule has 3 heterocycles. The molecule has 4 rings (SSSR count). The van der Waals surface area contributed by atoms with E-state index in [4.69, 9.17) is 0 Å². The Morgan fingerprint density at radius 2 is 1.22 bits per heavy atom. The zero-order valence-corrected chi connectivity index (χ0v) is 11.9. The predicted octanol–water partition coefficient (Wildman–Crippen LogP) is 0.963. The highest BCUT2D eigenvalue weighted by molar-refractivity contribution is 5.01. The molecule has 1 saturated carbocycles. The highest BCUT2D eigenvalue weighted by atomic mass is 15.4. The molecule has 3 aliphatic heterocycles. The monoisotopic (exact) mass is 249 g/mol. The Morgan fingerprint density at radius 3 is 1.78 bits per heavy atom. The van der Waals surface area contributed by atoms with E-state index in [1.54, 1.807) is 0 Å². The van der Waals surface area contributed by atoms with E-state index < -0.39 is 0 Å². The fourth-order valence-corrected chi connectivity index (χ4v) is 4.85. The van der Waals surface area contributed by atoms with E-state index in [0.717, 1.165) is 29.8 Å². The second kappa shape index (κ2) is 4.19. The van der Waals surface area contributed by atoms with Gasteiger partial charge in [-0.25, -0.2) is 0 Å². The molecule has 0 unspecified atom stereocenters. The normalized spacial score (nSPS) is 44.0. The summed E-state index contributed by atoms with van der Waals surface area (Å²) in [4.78, 5) is 7.96. The second-order valence-corrected chi connectivity index (χ2v) is 7.53. The molecule has 4 aliphatic rings. The van der Waals surface area contributed by atoms with E-state index in [0.29, 0.717) is 0 Å². The average Bonchev–Trinajstić information content (AvgIpc) is 2.69. The molecule has 0 aromatic rings. The first-order valence-electron chi connectivity index (χ1n) is 7.85. The molecule has 18 heavy (non-hydrogen) atoms. The summed E-state index contributed by atoms with van der Waals surface area (Å²) in [7, 11) is 2.23. The van der Waals surface area contributed by atoms with Gasteiger partial charge in [-0.05, 0) is 37.6 Å². The van der Waals surface area contributed by atoms with Gasteiger partial charge < -0.3 is 4.90 Å². The molecule has 0 radical (unpaired) electrons. The van der Waals surface area contributed by atoms with Crippen LogP contribution in [0, 0.1) is 17.8 Å². The molecule has 0 N–H and O–H groups in total. The molecule has 3 saturated heterocycles. The Hall–Kier alpha value is -0.120. The maximum atomic E-state index is 2.82. The highest BCUT2D eigenvalue weighted by Crippen LogP contribution is 2.42. The molecular formula is C15H27N3. The number of hydrogen-bond donors (Lipinski definition) is 0. The summed E-state index contributed by atoms with van der Waals surface area (Å²) >= 11 is 0. The van der Waals surface area contributed by atoms with Crippen LogP contribution >= 0.6 is 0 Å². The fourth-order valence-electron chi connectivity index (χ4n) is 4.85. The Bertz CT molecular complexity index is 306. The lowest BCUT2D eigenvalue weighted by Crippen LogP contribution is -2.68. The minimum atomic E-state index is 0.883. The SMILES string of the molecule is C[C@H]1C[C@@H]2CN(C3CN(C4CN(C)C4)C3)C[C@@H]2C1. The van der Waals surface area contributed by atoms with E-state index in [2.05, 4.69) is 28.7 Å². The van der Waals surface area contributed by atoms with E-state index in [1.807, 2.05) is 0 Å². The number of hydrogen-bond acceptors (Lipinski definition) is 3. The lowest BCUT2D eigenvalue weighted by atomic mass is 9.99. The van der Waals surface area contributed by atoms with Crippen molar-refractivity contribution in [2.24, 2.45) is 17.8 Å². The van der Waals surface area contributed by atoms with Crippen LogP contribution in [-0.4, -0.2) is 73.1 Å². The maximum absolute atomic E-state index is 2.82. The Labute approximate surface area is 111 Å². The van der Waals surface area contributed by atoms with Gasteiger partial charge in [-0.2, -0.15) is 0 Å². The number of rotatable bonds is 2. The molecule has 102 valence electrons. The first-order chi connectivity index (χ1) is 8.69. The van der Waals surface area contributed by atoms with Crippen molar-refractivity contribution in [1.29, 1.82) is 0 Å². The third kappa shape index (κ3) is 1.83. The highest BCUT2D eigenvalue weighted by Gasteiger charge is 2.45. The van der Waals surface area contributed by atoms with Crippen molar-refractivity contribution >= 4 is 0 Å². The second-order valence-electron chi connectivity index (χ2n) is 7.53. The van der Waals surface area contributed by atoms with Crippen LogP contribution in [0.4, 0.5) is 0 Å². The zero-order chi connectivity index (χ0) is 12.3. The first-order valence-corrected chi connectivity index (χ1v) is 7.85. The van der Waals surface area contributed by atoms with Gasteiger partial charge >= 0.3 is 0 Å². The Morgan fingerprint density at radius 1 is 0.722 bits per heavy atom. The van der Waals surface area contributed by atoms with Crippen LogP contribution in [0.15, 0.2) is 0 Å². The smallest absolute Gasteiger partial charge is 0.0351 e. The summed E-state index contributed by atoms with van der Waals surface area (Å²) in [6.45, 7) is 10.6. The quantitative estimate of drug-likeness (QED) is 0.722. The van der Waals surface area contributed by atoms with Crippen LogP contribution in [0.1, 0.15) is 19.8 Å². The van der Waals surface area contributed by atoms with Crippen LogP contribution in [0.3, 0.4) is 0 Å². The topological polar surface area (TPSA) is 9.72 Å². The molecule has 3 heteroatoms. The van der Waals surface area contributed by atoms with Gasteiger partial charge in [0.05, 0.1) is 0 Å². The molecule has 3 atom stereocenters. The fraction of sp³-hybridized carbons (Fsp3) is 1.00. The van der Waals surface area contributed by atoms with Gasteiger partial charge in [-0.3, -0.25) is 9.80 Å². The molecule has 1 aliphatic carbocycles. The lowest BCUT2D eigenvalue weighted by Gasteiger charge is -2.53. The Balaban J connectivity index is 1.26. The third-order valence-electron chi connectivity index (χ3n) is 5.98. The molecule has 0 spiro atoms. The zero-order valence-electron chi connectivity index (χ0n) is 11.9. The minimum Gasteiger partial charge on any atom is -0.303 e. The van der Waals surface area contributed by atoms with E-state index in [9.17, 15) is 0 Å². The van der Waals surface area contributed by atoms with Gasteiger partial charge in [-0.1, -0.05) is 6.92 Å². The number of likely N-dealkylation sites (tertiary alicyclic amines) is 3. The largest absolute Gasteiger partial charge is 0.303 e. The van der Waals surface area contributed by atoms with E-state index in [1.165, 1.54) is 52.1 Å². The standard InChI is InChI=1S/C15H27N3/c1-11-3-12-5-17(6-13(12)4-11)15-9-18(10-15)14-7-16(2)8-14/h11-15H,3-10H2,1-2H3/t11-,12+,13-. The molecule has 0 aromatic heterocycles. The minimum absolute atomic E-state index is 0.883. The van der Waals surface area contributed by atoms with Crippen LogP contribution in [0.25, 0.3) is 0 Å². The van der Waals surface area contributed by atoms with Gasteiger partial charge in [0.15, 0.2) is 0 Å². The number of nitrogens with zero attached hydrogens (tertiary/aromatic N) is 3. The van der Waals surface area contributed by atoms with E-state index >= 15 is 0 Å². The summed E-state index contributed by atoms with van der Waals surface area (Å²) in [5, 5.41) is 0. The van der Waals surface area contributed by atoms with Gasteiger partial charge in [0, 0.05) is 51.4 Å². The third-order valence-corrected chi connectivity index (χ3v) is 5.98. The predicted molar refractivity (Wildman–Crippen MR) is 73.6 cm³/mol. The van der Waals surface area contributed by atoms with Crippen LogP contribution in [-0.2, 0) is 0 Å². The average molecular weight is 249 g/mol. The molecule has 4 fully saturated rings. The maximum Gasteiger partial charge on any atom is 0.0351 e. The van der Waals surface area contributed by atoms with Crippen LogP contribution in [0.5, 0.6) is 0 Å². The number of likely N-dealkylation sites (N-methyl/N-ethyl adjacent to an activating group) is 1. The summed E-state index contributed by atoms with van der Waals surface area (Å²) in [5.41, 5.74) is 0. The van der Waals surface area contributed by atoms with Crippen LogP contribution in [0.2, 0.25) is 0 Å². The molecule has 0 aromatic carbocycles.